The van der Waals surface area contributed by atoms with Crippen molar-refractivity contribution in [3.05, 3.63) is 24.3 Å². The van der Waals surface area contributed by atoms with E-state index in [2.05, 4.69) is 10.2 Å². The van der Waals surface area contributed by atoms with Gasteiger partial charge in [-0.1, -0.05) is 18.9 Å². The molecule has 0 bridgehead atoms. The third-order valence-electron chi connectivity index (χ3n) is 5.78. The van der Waals surface area contributed by atoms with E-state index in [1.165, 1.54) is 20.0 Å². The molecule has 3 rings (SSSR count). The number of anilines is 1. The fraction of sp³-hybridized carbons (Fsp3) is 0.619. The van der Waals surface area contributed by atoms with Crippen LogP contribution in [0, 0.1) is 5.92 Å². The lowest BCUT2D eigenvalue weighted by Crippen LogP contribution is -2.57. The lowest BCUT2D eigenvalue weighted by Gasteiger charge is -2.40. The first-order chi connectivity index (χ1) is 13.6. The number of ether oxygens (including phenoxy) is 2. The summed E-state index contributed by atoms with van der Waals surface area (Å²) >= 11 is 0. The lowest BCUT2D eigenvalue weighted by atomic mass is 9.95. The molecule has 0 aromatic heterocycles. The first-order valence-corrected chi connectivity index (χ1v) is 10.1. The zero-order valence-corrected chi connectivity index (χ0v) is 16.9. The highest BCUT2D eigenvalue weighted by Gasteiger charge is 2.37. The highest BCUT2D eigenvalue weighted by Crippen LogP contribution is 2.32. The van der Waals surface area contributed by atoms with Gasteiger partial charge in [0, 0.05) is 45.0 Å². The minimum Gasteiger partial charge on any atom is -0.497 e. The van der Waals surface area contributed by atoms with Crippen molar-refractivity contribution in [3.63, 3.8) is 0 Å². The van der Waals surface area contributed by atoms with E-state index in [9.17, 15) is 9.59 Å². The average Bonchev–Trinajstić information content (AvgIpc) is 3.23. The Balaban J connectivity index is 1.67. The highest BCUT2D eigenvalue weighted by molar-refractivity contribution is 5.95. The van der Waals surface area contributed by atoms with Crippen molar-refractivity contribution in [3.8, 4) is 5.75 Å². The maximum absolute atomic E-state index is 13.2. The molecule has 1 aromatic carbocycles. The van der Waals surface area contributed by atoms with Gasteiger partial charge in [-0.25, -0.2) is 0 Å². The number of carbonyl (C=O) groups excluding carboxylic acids is 2. The molecule has 1 N–H and O–H groups in total. The molecule has 7 nitrogen and oxygen atoms in total. The molecule has 2 amide bonds. The molecule has 2 aliphatic rings. The largest absolute Gasteiger partial charge is 0.497 e. The Morgan fingerprint density at radius 2 is 1.86 bits per heavy atom. The van der Waals surface area contributed by atoms with Gasteiger partial charge in [0.15, 0.2) is 0 Å². The fourth-order valence-electron chi connectivity index (χ4n) is 4.33. The molecule has 1 heterocycles. The van der Waals surface area contributed by atoms with Crippen LogP contribution in [0.25, 0.3) is 0 Å². The normalized spacial score (nSPS) is 19.4. The summed E-state index contributed by atoms with van der Waals surface area (Å²) in [6.45, 7) is 2.81. The predicted octanol–water partition coefficient (Wildman–Crippen LogP) is 1.98. The van der Waals surface area contributed by atoms with Crippen LogP contribution in [0.2, 0.25) is 0 Å². The predicted molar refractivity (Wildman–Crippen MR) is 107 cm³/mol. The number of nitrogens with one attached hydrogen (secondary N) is 1. The summed E-state index contributed by atoms with van der Waals surface area (Å²) in [6.07, 6.45) is 4.53. The van der Waals surface area contributed by atoms with E-state index >= 15 is 0 Å². The second-order valence-corrected chi connectivity index (χ2v) is 7.56. The van der Waals surface area contributed by atoms with E-state index in [-0.39, 0.29) is 24.5 Å². The van der Waals surface area contributed by atoms with Crippen LogP contribution in [-0.4, -0.2) is 74.7 Å². The number of benzene rings is 1. The zero-order chi connectivity index (χ0) is 19.9. The van der Waals surface area contributed by atoms with Crippen LogP contribution < -0.4 is 10.1 Å². The fourth-order valence-corrected chi connectivity index (χ4v) is 4.33. The number of rotatable bonds is 7. The zero-order valence-electron chi connectivity index (χ0n) is 16.9. The summed E-state index contributed by atoms with van der Waals surface area (Å²) in [5.41, 5.74) is 0.751. The second-order valence-electron chi connectivity index (χ2n) is 7.56. The molecular formula is C21H31N3O4. The second kappa shape index (κ2) is 9.89. The monoisotopic (exact) mass is 389 g/mol. The topological polar surface area (TPSA) is 71.1 Å². The van der Waals surface area contributed by atoms with E-state index in [1.54, 1.807) is 7.11 Å². The molecule has 0 spiro atoms. The lowest BCUT2D eigenvalue weighted by molar-refractivity contribution is -0.138. The van der Waals surface area contributed by atoms with Crippen LogP contribution in [-0.2, 0) is 14.3 Å². The van der Waals surface area contributed by atoms with Crippen molar-refractivity contribution in [2.75, 3.05) is 52.3 Å². The van der Waals surface area contributed by atoms with Crippen LogP contribution in [0.15, 0.2) is 24.3 Å². The van der Waals surface area contributed by atoms with Crippen molar-refractivity contribution in [2.24, 2.45) is 5.92 Å². The van der Waals surface area contributed by atoms with E-state index < -0.39 is 0 Å². The number of nitrogens with zero attached hydrogens (tertiary/aromatic N) is 2. The van der Waals surface area contributed by atoms with Gasteiger partial charge in [-0.05, 0) is 30.9 Å². The molecule has 1 atom stereocenters. The Bertz CT molecular complexity index is 667. The molecule has 0 radical (unpaired) electrons. The van der Waals surface area contributed by atoms with Crippen LogP contribution in [0.4, 0.5) is 5.69 Å². The third kappa shape index (κ3) is 5.02. The van der Waals surface area contributed by atoms with E-state index in [0.29, 0.717) is 32.1 Å². The Hall–Kier alpha value is -2.12. The summed E-state index contributed by atoms with van der Waals surface area (Å²) in [5.74, 6) is 1.14. The van der Waals surface area contributed by atoms with Crippen LogP contribution in [0.1, 0.15) is 25.7 Å². The number of piperazine rings is 1. The number of amides is 2. The van der Waals surface area contributed by atoms with Crippen LogP contribution in [0.5, 0.6) is 5.75 Å². The van der Waals surface area contributed by atoms with Crippen molar-refractivity contribution in [1.82, 2.24) is 9.80 Å². The van der Waals surface area contributed by atoms with E-state index in [0.717, 1.165) is 24.3 Å². The molecule has 1 aromatic rings. The molecule has 1 saturated carbocycles. The SMILES string of the molecule is COCC(=O)N1CCN(C(C(=O)Nc2cccc(OC)c2)C2CCCC2)CC1. The molecule has 1 saturated heterocycles. The first-order valence-electron chi connectivity index (χ1n) is 10.1. The highest BCUT2D eigenvalue weighted by atomic mass is 16.5. The average molecular weight is 389 g/mol. The van der Waals surface area contributed by atoms with Crippen LogP contribution >= 0.6 is 0 Å². The Morgan fingerprint density at radius 1 is 1.14 bits per heavy atom. The van der Waals surface area contributed by atoms with Crippen LogP contribution in [0.3, 0.4) is 0 Å². The molecule has 1 aliphatic carbocycles. The molecular weight excluding hydrogens is 358 g/mol. The minimum absolute atomic E-state index is 0.0143. The number of hydrogen-bond acceptors (Lipinski definition) is 5. The summed E-state index contributed by atoms with van der Waals surface area (Å²) in [6, 6.07) is 7.30. The van der Waals surface area contributed by atoms with Gasteiger partial charge in [0.1, 0.15) is 12.4 Å². The number of carbonyl (C=O) groups is 2. The molecule has 1 unspecified atom stereocenters. The minimum atomic E-state index is -0.159. The van der Waals surface area contributed by atoms with Crippen molar-refractivity contribution in [1.29, 1.82) is 0 Å². The standard InChI is InChI=1S/C21H31N3O4/c1-27-15-19(25)23-10-12-24(13-11-23)20(16-6-3-4-7-16)21(26)22-17-8-5-9-18(14-17)28-2/h5,8-9,14,16,20H,3-4,6-7,10-13,15H2,1-2H3,(H,22,26). The van der Waals surface area contributed by atoms with Gasteiger partial charge in [0.05, 0.1) is 13.2 Å². The summed E-state index contributed by atoms with van der Waals surface area (Å²) in [7, 11) is 3.15. The van der Waals surface area contributed by atoms with Gasteiger partial charge in [0.25, 0.3) is 0 Å². The van der Waals surface area contributed by atoms with Crippen molar-refractivity contribution in [2.45, 2.75) is 31.7 Å². The third-order valence-corrected chi connectivity index (χ3v) is 5.78. The maximum atomic E-state index is 13.2. The van der Waals surface area contributed by atoms with Gasteiger partial charge < -0.3 is 19.7 Å². The van der Waals surface area contributed by atoms with Gasteiger partial charge in [-0.2, -0.15) is 0 Å². The summed E-state index contributed by atoms with van der Waals surface area (Å²) < 4.78 is 10.2. The summed E-state index contributed by atoms with van der Waals surface area (Å²) in [4.78, 5) is 29.4. The Kier molecular flexibility index (Phi) is 7.28. The number of methoxy groups -OCH3 is 2. The van der Waals surface area contributed by atoms with Gasteiger partial charge >= 0.3 is 0 Å². The van der Waals surface area contributed by atoms with Gasteiger partial charge in [-0.3, -0.25) is 14.5 Å². The Labute approximate surface area is 167 Å². The molecule has 28 heavy (non-hydrogen) atoms. The smallest absolute Gasteiger partial charge is 0.248 e. The van der Waals surface area contributed by atoms with E-state index in [1.807, 2.05) is 29.2 Å². The number of hydrogen-bond donors (Lipinski definition) is 1. The molecule has 2 fully saturated rings. The molecule has 7 heteroatoms. The maximum Gasteiger partial charge on any atom is 0.248 e. The first kappa shape index (κ1) is 20.6. The van der Waals surface area contributed by atoms with E-state index in [4.69, 9.17) is 9.47 Å². The van der Waals surface area contributed by atoms with Gasteiger partial charge in [-0.15, -0.1) is 0 Å². The summed E-state index contributed by atoms with van der Waals surface area (Å²) in [5, 5.41) is 3.08. The molecule has 1 aliphatic heterocycles. The Morgan fingerprint density at radius 3 is 2.50 bits per heavy atom. The molecule has 154 valence electrons. The van der Waals surface area contributed by atoms with Gasteiger partial charge in [0.2, 0.25) is 11.8 Å². The van der Waals surface area contributed by atoms with Crippen molar-refractivity contribution < 1.29 is 19.1 Å². The quantitative estimate of drug-likeness (QED) is 0.772. The van der Waals surface area contributed by atoms with Crippen molar-refractivity contribution >= 4 is 17.5 Å².